The molecule has 1 amide bonds. The maximum absolute atomic E-state index is 13.2. The Morgan fingerprint density at radius 3 is 2.26 bits per heavy atom. The number of methoxy groups -OCH3 is 1. The predicted molar refractivity (Wildman–Crippen MR) is 131 cm³/mol. The Kier molecular flexibility index (Phi) is 6.61. The SMILES string of the molecule is COc1ccc(/C(O)=C2/C(=O)C(=O)N(c3ccc(OC(C)C)cc3)C2c2ccccc2)cc1Cl. The van der Waals surface area contributed by atoms with Gasteiger partial charge in [0.15, 0.2) is 0 Å². The summed E-state index contributed by atoms with van der Waals surface area (Å²) in [5.41, 5.74) is 1.49. The second kappa shape index (κ2) is 9.61. The smallest absolute Gasteiger partial charge is 0.300 e. The molecule has 3 aromatic carbocycles. The Morgan fingerprint density at radius 1 is 1.00 bits per heavy atom. The summed E-state index contributed by atoms with van der Waals surface area (Å²) in [5.74, 6) is -0.728. The molecule has 0 aliphatic carbocycles. The maximum Gasteiger partial charge on any atom is 0.300 e. The van der Waals surface area contributed by atoms with Crippen LogP contribution in [0.15, 0.2) is 78.4 Å². The molecule has 1 aliphatic rings. The summed E-state index contributed by atoms with van der Waals surface area (Å²) in [6, 6.07) is 19.9. The first-order valence-corrected chi connectivity index (χ1v) is 11.2. The van der Waals surface area contributed by atoms with Gasteiger partial charge in [-0.25, -0.2) is 0 Å². The quantitative estimate of drug-likeness (QED) is 0.277. The molecule has 1 saturated heterocycles. The Morgan fingerprint density at radius 2 is 1.68 bits per heavy atom. The van der Waals surface area contributed by atoms with Gasteiger partial charge in [-0.1, -0.05) is 41.9 Å². The van der Waals surface area contributed by atoms with E-state index in [4.69, 9.17) is 21.1 Å². The van der Waals surface area contributed by atoms with Crippen LogP contribution in [0.4, 0.5) is 5.69 Å². The van der Waals surface area contributed by atoms with E-state index in [-0.39, 0.29) is 22.5 Å². The standard InChI is InChI=1S/C27H24ClNO5/c1-16(2)34-20-12-10-19(11-13-20)29-24(17-7-5-4-6-8-17)23(26(31)27(29)32)25(30)18-9-14-22(33-3)21(28)15-18/h4-16,24,30H,1-3H3/b25-23-. The van der Waals surface area contributed by atoms with Gasteiger partial charge >= 0.3 is 0 Å². The van der Waals surface area contributed by atoms with Crippen LogP contribution in [-0.2, 0) is 9.59 Å². The molecule has 0 spiro atoms. The molecule has 7 heteroatoms. The summed E-state index contributed by atoms with van der Waals surface area (Å²) in [6.45, 7) is 3.85. The number of benzene rings is 3. The fourth-order valence-corrected chi connectivity index (χ4v) is 4.23. The highest BCUT2D eigenvalue weighted by Gasteiger charge is 2.46. The van der Waals surface area contributed by atoms with Crippen molar-refractivity contribution in [2.75, 3.05) is 12.0 Å². The molecule has 1 atom stereocenters. The van der Waals surface area contributed by atoms with Crippen molar-refractivity contribution in [2.45, 2.75) is 26.0 Å². The highest BCUT2D eigenvalue weighted by atomic mass is 35.5. The summed E-state index contributed by atoms with van der Waals surface area (Å²) in [4.78, 5) is 27.8. The monoisotopic (exact) mass is 477 g/mol. The fourth-order valence-electron chi connectivity index (χ4n) is 3.98. The molecule has 1 unspecified atom stereocenters. The van der Waals surface area contributed by atoms with E-state index < -0.39 is 17.7 Å². The topological polar surface area (TPSA) is 76.1 Å². The van der Waals surface area contributed by atoms with Crippen LogP contribution in [-0.4, -0.2) is 30.0 Å². The van der Waals surface area contributed by atoms with E-state index in [1.807, 2.05) is 44.2 Å². The van der Waals surface area contributed by atoms with Gasteiger partial charge in [0.25, 0.3) is 11.7 Å². The molecular weight excluding hydrogens is 454 g/mol. The van der Waals surface area contributed by atoms with Gasteiger partial charge in [0, 0.05) is 11.3 Å². The number of aliphatic hydroxyl groups excluding tert-OH is 1. The van der Waals surface area contributed by atoms with Gasteiger partial charge in [-0.15, -0.1) is 0 Å². The van der Waals surface area contributed by atoms with Crippen molar-refractivity contribution >= 4 is 34.7 Å². The lowest BCUT2D eigenvalue weighted by Crippen LogP contribution is -2.29. The maximum atomic E-state index is 13.2. The van der Waals surface area contributed by atoms with Crippen molar-refractivity contribution in [2.24, 2.45) is 0 Å². The van der Waals surface area contributed by atoms with Crippen LogP contribution in [0.3, 0.4) is 0 Å². The summed E-state index contributed by atoms with van der Waals surface area (Å²) < 4.78 is 10.9. The minimum absolute atomic E-state index is 0.000664. The number of Topliss-reactive ketones (excluding diaryl/α,β-unsaturated/α-hetero) is 1. The van der Waals surface area contributed by atoms with Crippen LogP contribution >= 0.6 is 11.6 Å². The summed E-state index contributed by atoms with van der Waals surface area (Å²) in [5, 5.41) is 11.5. The molecule has 4 rings (SSSR count). The first-order valence-electron chi connectivity index (χ1n) is 10.8. The number of hydrogen-bond donors (Lipinski definition) is 1. The van der Waals surface area contributed by atoms with Gasteiger partial charge in [-0.2, -0.15) is 0 Å². The summed E-state index contributed by atoms with van der Waals surface area (Å²) in [7, 11) is 1.49. The lowest BCUT2D eigenvalue weighted by atomic mass is 9.95. The molecule has 3 aromatic rings. The summed E-state index contributed by atoms with van der Waals surface area (Å²) >= 11 is 6.24. The van der Waals surface area contributed by atoms with E-state index >= 15 is 0 Å². The number of amides is 1. The van der Waals surface area contributed by atoms with Crippen molar-refractivity contribution in [1.82, 2.24) is 0 Å². The third-order valence-electron chi connectivity index (χ3n) is 5.47. The molecule has 1 heterocycles. The minimum Gasteiger partial charge on any atom is -0.507 e. The van der Waals surface area contributed by atoms with Gasteiger partial charge in [-0.05, 0) is 61.9 Å². The molecule has 6 nitrogen and oxygen atoms in total. The lowest BCUT2D eigenvalue weighted by Gasteiger charge is -2.25. The van der Waals surface area contributed by atoms with E-state index in [1.165, 1.54) is 18.1 Å². The number of hydrogen-bond acceptors (Lipinski definition) is 5. The third-order valence-corrected chi connectivity index (χ3v) is 5.77. The van der Waals surface area contributed by atoms with Crippen LogP contribution in [0.1, 0.15) is 31.0 Å². The zero-order chi connectivity index (χ0) is 24.4. The number of anilines is 1. The molecule has 0 bridgehead atoms. The Balaban J connectivity index is 1.85. The largest absolute Gasteiger partial charge is 0.507 e. The first kappa shape index (κ1) is 23.4. The van der Waals surface area contributed by atoms with Crippen molar-refractivity contribution in [3.63, 3.8) is 0 Å². The van der Waals surface area contributed by atoms with E-state index in [0.717, 1.165) is 0 Å². The first-order chi connectivity index (χ1) is 16.3. The zero-order valence-corrected chi connectivity index (χ0v) is 19.7. The molecule has 0 aromatic heterocycles. The van der Waals surface area contributed by atoms with Gasteiger partial charge < -0.3 is 14.6 Å². The molecule has 1 N–H and O–H groups in total. The number of aliphatic hydroxyl groups is 1. The van der Waals surface area contributed by atoms with E-state index in [9.17, 15) is 14.7 Å². The average Bonchev–Trinajstić information content (AvgIpc) is 3.09. The van der Waals surface area contributed by atoms with Gasteiger partial charge in [0.1, 0.15) is 17.3 Å². The van der Waals surface area contributed by atoms with Crippen LogP contribution in [0.25, 0.3) is 5.76 Å². The fraction of sp³-hybridized carbons (Fsp3) is 0.185. The highest BCUT2D eigenvalue weighted by Crippen LogP contribution is 2.43. The number of ketones is 1. The molecule has 174 valence electrons. The van der Waals surface area contributed by atoms with Crippen LogP contribution < -0.4 is 14.4 Å². The van der Waals surface area contributed by atoms with E-state index in [2.05, 4.69) is 0 Å². The Bertz CT molecular complexity index is 1250. The van der Waals surface area contributed by atoms with Crippen molar-refractivity contribution < 1.29 is 24.2 Å². The van der Waals surface area contributed by atoms with Crippen molar-refractivity contribution in [3.8, 4) is 11.5 Å². The van der Waals surface area contributed by atoms with Crippen molar-refractivity contribution in [3.05, 3.63) is 94.5 Å². The second-order valence-electron chi connectivity index (χ2n) is 8.09. The highest BCUT2D eigenvalue weighted by molar-refractivity contribution is 6.51. The molecular formula is C27H24ClNO5. The van der Waals surface area contributed by atoms with Gasteiger partial charge in [0.05, 0.1) is 29.9 Å². The van der Waals surface area contributed by atoms with Crippen molar-refractivity contribution in [1.29, 1.82) is 0 Å². The number of carbonyl (C=O) groups is 2. The molecule has 34 heavy (non-hydrogen) atoms. The average molecular weight is 478 g/mol. The lowest BCUT2D eigenvalue weighted by molar-refractivity contribution is -0.132. The molecule has 0 saturated carbocycles. The predicted octanol–water partition coefficient (Wildman–Crippen LogP) is 5.76. The zero-order valence-electron chi connectivity index (χ0n) is 19.0. The molecule has 0 radical (unpaired) electrons. The number of nitrogens with zero attached hydrogens (tertiary/aromatic N) is 1. The van der Waals surface area contributed by atoms with E-state index in [1.54, 1.807) is 36.4 Å². The number of carbonyl (C=O) groups excluding carboxylic acids is 2. The number of halogens is 1. The van der Waals surface area contributed by atoms with Gasteiger partial charge in [0.2, 0.25) is 0 Å². The number of ether oxygens (including phenoxy) is 2. The second-order valence-corrected chi connectivity index (χ2v) is 8.50. The van der Waals surface area contributed by atoms with Crippen LogP contribution in [0, 0.1) is 0 Å². The van der Waals surface area contributed by atoms with E-state index in [0.29, 0.717) is 28.3 Å². The number of rotatable bonds is 6. The Hall–Kier alpha value is -3.77. The Labute approximate surface area is 203 Å². The summed E-state index contributed by atoms with van der Waals surface area (Å²) in [6.07, 6.45) is 0.000664. The van der Waals surface area contributed by atoms with Crippen LogP contribution in [0.2, 0.25) is 5.02 Å². The molecule has 1 fully saturated rings. The minimum atomic E-state index is -0.820. The third kappa shape index (κ3) is 4.37. The molecule has 1 aliphatic heterocycles. The van der Waals surface area contributed by atoms with Gasteiger partial charge in [-0.3, -0.25) is 14.5 Å². The normalized spacial score (nSPS) is 17.3. The van der Waals surface area contributed by atoms with Crippen LogP contribution in [0.5, 0.6) is 11.5 Å².